The van der Waals surface area contributed by atoms with E-state index in [-0.39, 0.29) is 23.5 Å². The molecule has 0 saturated carbocycles. The van der Waals surface area contributed by atoms with E-state index in [1.165, 1.54) is 24.5 Å². The molecule has 1 aromatic heterocycles. The van der Waals surface area contributed by atoms with Gasteiger partial charge in [-0.2, -0.15) is 0 Å². The van der Waals surface area contributed by atoms with E-state index in [1.54, 1.807) is 11.9 Å². The third kappa shape index (κ3) is 5.04. The summed E-state index contributed by atoms with van der Waals surface area (Å²) < 4.78 is 19.3. The lowest BCUT2D eigenvalue weighted by molar-refractivity contribution is 0.214. The average Bonchev–Trinajstić information content (AvgIpc) is 3.02. The maximum Gasteiger partial charge on any atom is 0.322 e. The van der Waals surface area contributed by atoms with Gasteiger partial charge in [-0.3, -0.25) is 5.32 Å². The Bertz CT molecular complexity index is 818. The van der Waals surface area contributed by atoms with Gasteiger partial charge in [-0.1, -0.05) is 0 Å². The second kappa shape index (κ2) is 8.17. The molecular formula is C18H23FN6O2. The Kier molecular flexibility index (Phi) is 5.70. The van der Waals surface area contributed by atoms with Crippen LogP contribution in [0, 0.1) is 11.7 Å². The molecule has 1 aliphatic rings. The average molecular weight is 374 g/mol. The van der Waals surface area contributed by atoms with Crippen LogP contribution in [0.3, 0.4) is 0 Å². The molecule has 0 aliphatic carbocycles. The summed E-state index contributed by atoms with van der Waals surface area (Å²) >= 11 is 0. The minimum atomic E-state index is -0.597. The van der Waals surface area contributed by atoms with E-state index in [2.05, 4.69) is 27.2 Å². The molecule has 0 spiro atoms. The lowest BCUT2D eigenvalue weighted by Crippen LogP contribution is -2.36. The van der Waals surface area contributed by atoms with E-state index in [9.17, 15) is 9.18 Å². The van der Waals surface area contributed by atoms with Gasteiger partial charge in [0.25, 0.3) is 0 Å². The fraction of sp³-hybridized carbons (Fsp3) is 0.389. The number of hydrogen-bond donors (Lipinski definition) is 2. The molecule has 9 heteroatoms. The number of anilines is 2. The van der Waals surface area contributed by atoms with Crippen molar-refractivity contribution in [2.45, 2.75) is 6.42 Å². The van der Waals surface area contributed by atoms with Gasteiger partial charge < -0.3 is 20.3 Å². The highest BCUT2D eigenvalue weighted by Crippen LogP contribution is 2.25. The minimum absolute atomic E-state index is 0.0114. The van der Waals surface area contributed by atoms with Gasteiger partial charge in [-0.05, 0) is 38.1 Å². The second-order valence-corrected chi connectivity index (χ2v) is 6.76. The lowest BCUT2D eigenvalue weighted by atomic mass is 10.1. The van der Waals surface area contributed by atoms with Crippen molar-refractivity contribution in [2.75, 3.05) is 44.8 Å². The number of halogens is 1. The summed E-state index contributed by atoms with van der Waals surface area (Å²) in [4.78, 5) is 24.2. The molecular weight excluding hydrogens is 351 g/mol. The van der Waals surface area contributed by atoms with E-state index in [0.717, 1.165) is 25.6 Å². The Labute approximate surface area is 157 Å². The van der Waals surface area contributed by atoms with Crippen LogP contribution in [0.15, 0.2) is 30.6 Å². The number of aromatic nitrogens is 2. The van der Waals surface area contributed by atoms with E-state index in [1.807, 2.05) is 0 Å². The summed E-state index contributed by atoms with van der Waals surface area (Å²) in [7, 11) is 3.82. The first kappa shape index (κ1) is 18.8. The number of ether oxygens (including phenoxy) is 1. The highest BCUT2D eigenvalue weighted by molar-refractivity contribution is 5.88. The summed E-state index contributed by atoms with van der Waals surface area (Å²) in [6.07, 6.45) is 2.32. The van der Waals surface area contributed by atoms with Crippen LogP contribution in [0.2, 0.25) is 0 Å². The van der Waals surface area contributed by atoms with Gasteiger partial charge in [0, 0.05) is 38.0 Å². The van der Waals surface area contributed by atoms with Crippen LogP contribution in [0.25, 0.3) is 0 Å². The zero-order chi connectivity index (χ0) is 19.4. The molecule has 0 unspecified atom stereocenters. The topological polar surface area (TPSA) is 96.6 Å². The Morgan fingerprint density at radius 1 is 1.44 bits per heavy atom. The minimum Gasteiger partial charge on any atom is -0.436 e. The number of carbonyl (C=O) groups excluding carboxylic acids is 1. The summed E-state index contributed by atoms with van der Waals surface area (Å²) in [6, 6.07) is 5.27. The first-order valence-electron chi connectivity index (χ1n) is 8.66. The standard InChI is InChI=1S/C18H23FN6O2/c1-24-6-5-12(9-24)10-25(2)18(26)23-16-8-17(22-11-21-16)27-15-4-3-13(20)7-14(15)19/h3-4,7-8,11-12H,5-6,9-10,20H2,1-2H3,(H,21,22,23,26)/t12-/m0/s1. The van der Waals surface area contributed by atoms with E-state index >= 15 is 0 Å². The summed E-state index contributed by atoms with van der Waals surface area (Å²) in [5, 5.41) is 2.71. The first-order valence-corrected chi connectivity index (χ1v) is 8.66. The van der Waals surface area contributed by atoms with Crippen LogP contribution in [0.4, 0.5) is 20.7 Å². The highest BCUT2D eigenvalue weighted by atomic mass is 19.1. The van der Waals surface area contributed by atoms with E-state index < -0.39 is 5.82 Å². The molecule has 0 radical (unpaired) electrons. The van der Waals surface area contributed by atoms with Crippen molar-refractivity contribution in [1.29, 1.82) is 0 Å². The van der Waals surface area contributed by atoms with Gasteiger partial charge >= 0.3 is 6.03 Å². The number of amides is 2. The second-order valence-electron chi connectivity index (χ2n) is 6.76. The zero-order valence-electron chi connectivity index (χ0n) is 15.4. The molecule has 1 atom stereocenters. The van der Waals surface area contributed by atoms with Crippen molar-refractivity contribution < 1.29 is 13.9 Å². The van der Waals surface area contributed by atoms with Crippen LogP contribution in [0.1, 0.15) is 6.42 Å². The number of benzene rings is 1. The maximum atomic E-state index is 13.8. The van der Waals surface area contributed by atoms with Gasteiger partial charge in [0.15, 0.2) is 11.6 Å². The van der Waals surface area contributed by atoms with Crippen molar-refractivity contribution in [3.8, 4) is 11.6 Å². The maximum absolute atomic E-state index is 13.8. The van der Waals surface area contributed by atoms with Gasteiger partial charge in [0.1, 0.15) is 12.1 Å². The number of urea groups is 1. The van der Waals surface area contributed by atoms with Crippen molar-refractivity contribution in [1.82, 2.24) is 19.8 Å². The molecule has 8 nitrogen and oxygen atoms in total. The molecule has 0 bridgehead atoms. The number of rotatable bonds is 5. The Hall–Kier alpha value is -2.94. The molecule has 1 aromatic carbocycles. The van der Waals surface area contributed by atoms with Gasteiger partial charge in [-0.15, -0.1) is 0 Å². The molecule has 1 fully saturated rings. The van der Waals surface area contributed by atoms with Crippen LogP contribution in [0.5, 0.6) is 11.6 Å². The third-order valence-corrected chi connectivity index (χ3v) is 4.42. The van der Waals surface area contributed by atoms with Crippen LogP contribution in [-0.2, 0) is 0 Å². The fourth-order valence-electron chi connectivity index (χ4n) is 3.03. The van der Waals surface area contributed by atoms with Gasteiger partial charge in [-0.25, -0.2) is 19.2 Å². The molecule has 1 aliphatic heterocycles. The third-order valence-electron chi connectivity index (χ3n) is 4.42. The quantitative estimate of drug-likeness (QED) is 0.780. The van der Waals surface area contributed by atoms with Gasteiger partial charge in [0.05, 0.1) is 0 Å². The number of carbonyl (C=O) groups is 1. The molecule has 3 rings (SSSR count). The molecule has 2 aromatic rings. The van der Waals surface area contributed by atoms with E-state index in [0.29, 0.717) is 18.2 Å². The largest absolute Gasteiger partial charge is 0.436 e. The van der Waals surface area contributed by atoms with Crippen molar-refractivity contribution in [2.24, 2.45) is 5.92 Å². The smallest absolute Gasteiger partial charge is 0.322 e. The normalized spacial score (nSPS) is 16.9. The van der Waals surface area contributed by atoms with Crippen molar-refractivity contribution >= 4 is 17.5 Å². The highest BCUT2D eigenvalue weighted by Gasteiger charge is 2.22. The summed E-state index contributed by atoms with van der Waals surface area (Å²) in [5.41, 5.74) is 5.82. The summed E-state index contributed by atoms with van der Waals surface area (Å²) in [5.74, 6) is 0.243. The monoisotopic (exact) mass is 374 g/mol. The number of nitrogen functional groups attached to an aromatic ring is 1. The molecule has 2 heterocycles. The number of nitrogens with one attached hydrogen (secondary N) is 1. The Morgan fingerprint density at radius 3 is 2.96 bits per heavy atom. The number of nitrogens with two attached hydrogens (primary N) is 1. The molecule has 3 N–H and O–H groups in total. The fourth-order valence-corrected chi connectivity index (χ4v) is 3.03. The molecule has 2 amide bonds. The predicted molar refractivity (Wildman–Crippen MR) is 100 cm³/mol. The number of likely N-dealkylation sites (tertiary alicyclic amines) is 1. The lowest BCUT2D eigenvalue weighted by Gasteiger charge is -2.21. The molecule has 1 saturated heterocycles. The Morgan fingerprint density at radius 2 is 2.26 bits per heavy atom. The van der Waals surface area contributed by atoms with Crippen LogP contribution < -0.4 is 15.8 Å². The molecule has 27 heavy (non-hydrogen) atoms. The SMILES string of the molecule is CN1CC[C@H](CN(C)C(=O)Nc2cc(Oc3ccc(N)cc3F)ncn2)C1. The van der Waals surface area contributed by atoms with Gasteiger partial charge in [0.2, 0.25) is 5.88 Å². The first-order chi connectivity index (χ1) is 12.9. The number of nitrogens with zero attached hydrogens (tertiary/aromatic N) is 4. The van der Waals surface area contributed by atoms with Crippen LogP contribution >= 0.6 is 0 Å². The predicted octanol–water partition coefficient (Wildman–Crippen LogP) is 2.41. The van der Waals surface area contributed by atoms with Crippen LogP contribution in [-0.4, -0.2) is 59.5 Å². The molecule has 144 valence electrons. The zero-order valence-corrected chi connectivity index (χ0v) is 15.4. The van der Waals surface area contributed by atoms with E-state index in [4.69, 9.17) is 10.5 Å². The number of hydrogen-bond acceptors (Lipinski definition) is 6. The van der Waals surface area contributed by atoms with Crippen molar-refractivity contribution in [3.63, 3.8) is 0 Å². The summed E-state index contributed by atoms with van der Waals surface area (Å²) in [6.45, 7) is 2.70. The van der Waals surface area contributed by atoms with Crippen molar-refractivity contribution in [3.05, 3.63) is 36.4 Å². The Balaban J connectivity index is 1.60.